The minimum atomic E-state index is -0.297. The summed E-state index contributed by atoms with van der Waals surface area (Å²) in [5, 5.41) is 2.38. The number of imide groups is 1. The van der Waals surface area contributed by atoms with E-state index in [1.165, 1.54) is 40.7 Å². The quantitative estimate of drug-likeness (QED) is 0.302. The Morgan fingerprint density at radius 3 is 2.09 bits per heavy atom. The number of likely N-dealkylation sites (tertiary alicyclic amines) is 1. The van der Waals surface area contributed by atoms with E-state index in [1.807, 2.05) is 0 Å². The number of thiol groups is 1. The first-order chi connectivity index (χ1) is 21.5. The molecular formula is C36H43N5O2S. The van der Waals surface area contributed by atoms with Gasteiger partial charge in [0.15, 0.2) is 0 Å². The van der Waals surface area contributed by atoms with Gasteiger partial charge >= 0.3 is 0 Å². The van der Waals surface area contributed by atoms with Gasteiger partial charge in [0.2, 0.25) is 11.8 Å². The molecule has 4 aliphatic heterocycles. The van der Waals surface area contributed by atoms with Gasteiger partial charge in [0, 0.05) is 51.7 Å². The summed E-state index contributed by atoms with van der Waals surface area (Å²) < 4.78 is 0. The van der Waals surface area contributed by atoms with Gasteiger partial charge in [-0.25, -0.2) is 0 Å². The topological polar surface area (TPSA) is 59.1 Å². The molecule has 3 fully saturated rings. The number of rotatable bonds is 7. The third-order valence-electron chi connectivity index (χ3n) is 10.2. The number of carbonyl (C=O) groups is 2. The lowest BCUT2D eigenvalue weighted by Gasteiger charge is -2.45. The van der Waals surface area contributed by atoms with Crippen LogP contribution in [0, 0.1) is 0 Å². The van der Waals surface area contributed by atoms with Crippen molar-refractivity contribution in [2.75, 3.05) is 39.3 Å². The molecule has 2 amide bonds. The van der Waals surface area contributed by atoms with Crippen molar-refractivity contribution in [3.63, 3.8) is 0 Å². The highest BCUT2D eigenvalue weighted by Crippen LogP contribution is 2.40. The maximum absolute atomic E-state index is 12.5. The summed E-state index contributed by atoms with van der Waals surface area (Å²) in [5.41, 5.74) is 6.51. The second-order valence-electron chi connectivity index (χ2n) is 12.8. The molecule has 3 saturated heterocycles. The highest BCUT2D eigenvalue weighted by molar-refractivity contribution is 7.80. The predicted octanol–water partition coefficient (Wildman–Crippen LogP) is 4.61. The first kappa shape index (κ1) is 29.7. The fourth-order valence-corrected chi connectivity index (χ4v) is 8.33. The van der Waals surface area contributed by atoms with Gasteiger partial charge in [-0.1, -0.05) is 78.9 Å². The van der Waals surface area contributed by atoms with Crippen LogP contribution in [-0.4, -0.2) is 82.8 Å². The molecule has 2 unspecified atom stereocenters. The molecule has 7 rings (SSSR count). The van der Waals surface area contributed by atoms with Crippen LogP contribution in [0.4, 0.5) is 0 Å². The van der Waals surface area contributed by atoms with Crippen LogP contribution in [0.1, 0.15) is 64.9 Å². The van der Waals surface area contributed by atoms with Gasteiger partial charge in [0.05, 0.1) is 17.5 Å². The van der Waals surface area contributed by atoms with E-state index >= 15 is 0 Å². The lowest BCUT2D eigenvalue weighted by atomic mass is 9.95. The van der Waals surface area contributed by atoms with E-state index in [1.54, 1.807) is 0 Å². The van der Waals surface area contributed by atoms with Crippen molar-refractivity contribution in [3.8, 4) is 0 Å². The molecule has 3 aromatic rings. The minimum Gasteiger partial charge on any atom is -0.299 e. The molecule has 3 aromatic carbocycles. The number of hydrogen-bond acceptors (Lipinski definition) is 7. The highest BCUT2D eigenvalue weighted by atomic mass is 32.1. The molecule has 0 spiro atoms. The number of amides is 2. The largest absolute Gasteiger partial charge is 0.299 e. The fraction of sp³-hybridized carbons (Fsp3) is 0.444. The molecule has 0 saturated carbocycles. The molecule has 0 aromatic heterocycles. The second kappa shape index (κ2) is 13.2. The lowest BCUT2D eigenvalue weighted by Crippen LogP contribution is -2.53. The Morgan fingerprint density at radius 2 is 1.45 bits per heavy atom. The van der Waals surface area contributed by atoms with Gasteiger partial charge in [-0.3, -0.25) is 34.5 Å². The standard InChI is InChI=1S/C36H43N5O2S/c42-33-14-13-32(35(43)37-33)41-25-29-23-26(11-12-31(29)36(41)44)24-38-17-15-30(16-18-38)39-19-21-40(22-20-39)34(27-7-3-1-4-8-27)28-9-5-2-6-10-28/h1-12,23,30,32,34,36,44H,13-22,24-25H2,(H,37,42,43). The van der Waals surface area contributed by atoms with E-state index in [0.717, 1.165) is 45.8 Å². The van der Waals surface area contributed by atoms with Crippen molar-refractivity contribution in [3.05, 3.63) is 107 Å². The van der Waals surface area contributed by atoms with Crippen molar-refractivity contribution in [2.24, 2.45) is 0 Å². The number of nitrogens with one attached hydrogen (secondary N) is 1. The van der Waals surface area contributed by atoms with Crippen LogP contribution in [0.2, 0.25) is 0 Å². The molecule has 4 heterocycles. The Bertz CT molecular complexity index is 1410. The average molecular weight is 610 g/mol. The second-order valence-corrected chi connectivity index (χ2v) is 13.3. The Balaban J connectivity index is 0.917. The van der Waals surface area contributed by atoms with E-state index in [4.69, 9.17) is 12.6 Å². The number of nitrogens with zero attached hydrogens (tertiary/aromatic N) is 4. The van der Waals surface area contributed by atoms with Gasteiger partial charge < -0.3 is 0 Å². The normalized spacial score (nSPS) is 24.5. The number of piperidine rings is 2. The van der Waals surface area contributed by atoms with Crippen molar-refractivity contribution >= 4 is 24.4 Å². The van der Waals surface area contributed by atoms with Gasteiger partial charge in [-0.15, -0.1) is 0 Å². The monoisotopic (exact) mass is 609 g/mol. The summed E-state index contributed by atoms with van der Waals surface area (Å²) in [6.07, 6.45) is 3.39. The Labute approximate surface area is 266 Å². The molecule has 4 aliphatic rings. The molecule has 8 heteroatoms. The molecule has 0 aliphatic carbocycles. The molecule has 1 N–H and O–H groups in total. The van der Waals surface area contributed by atoms with E-state index in [2.05, 4.69) is 104 Å². The van der Waals surface area contributed by atoms with Crippen LogP contribution >= 0.6 is 12.6 Å². The number of hydrogen-bond donors (Lipinski definition) is 2. The van der Waals surface area contributed by atoms with Crippen LogP contribution in [-0.2, 0) is 22.7 Å². The van der Waals surface area contributed by atoms with E-state index in [-0.39, 0.29) is 23.2 Å². The SMILES string of the molecule is O=C1CCC(N2Cc3cc(CN4CCC(N5CCN(C(c6ccccc6)c6ccccc6)CC5)CC4)ccc3C2S)C(=O)N1. The number of benzene rings is 3. The maximum atomic E-state index is 12.5. The van der Waals surface area contributed by atoms with Crippen molar-refractivity contribution in [2.45, 2.75) is 62.3 Å². The average Bonchev–Trinajstić information content (AvgIpc) is 3.38. The Kier molecular flexibility index (Phi) is 8.87. The number of carbonyl (C=O) groups excluding carboxylic acids is 2. The van der Waals surface area contributed by atoms with E-state index < -0.39 is 0 Å². The smallest absolute Gasteiger partial charge is 0.243 e. The van der Waals surface area contributed by atoms with Crippen LogP contribution in [0.5, 0.6) is 0 Å². The third kappa shape index (κ3) is 6.24. The molecule has 230 valence electrons. The van der Waals surface area contributed by atoms with Crippen LogP contribution < -0.4 is 5.32 Å². The molecule has 0 radical (unpaired) electrons. The molecular weight excluding hydrogens is 566 g/mol. The summed E-state index contributed by atoms with van der Waals surface area (Å²) in [6, 6.07) is 29.3. The molecule has 7 nitrogen and oxygen atoms in total. The van der Waals surface area contributed by atoms with E-state index in [0.29, 0.717) is 31.5 Å². The first-order valence-corrected chi connectivity index (χ1v) is 16.7. The summed E-state index contributed by atoms with van der Waals surface area (Å²) in [5.74, 6) is -0.364. The zero-order valence-corrected chi connectivity index (χ0v) is 26.2. The van der Waals surface area contributed by atoms with Gasteiger partial charge in [0.1, 0.15) is 0 Å². The summed E-state index contributed by atoms with van der Waals surface area (Å²) >= 11 is 4.86. The third-order valence-corrected chi connectivity index (χ3v) is 10.8. The summed E-state index contributed by atoms with van der Waals surface area (Å²) in [6.45, 7) is 8.33. The van der Waals surface area contributed by atoms with Crippen LogP contribution in [0.25, 0.3) is 0 Å². The van der Waals surface area contributed by atoms with Crippen molar-refractivity contribution in [1.29, 1.82) is 0 Å². The Hall–Kier alpha value is -3.01. The first-order valence-electron chi connectivity index (χ1n) is 16.2. The fourth-order valence-electron chi connectivity index (χ4n) is 7.83. The van der Waals surface area contributed by atoms with E-state index in [9.17, 15) is 9.59 Å². The maximum Gasteiger partial charge on any atom is 0.243 e. The van der Waals surface area contributed by atoms with Gasteiger partial charge in [0.25, 0.3) is 0 Å². The van der Waals surface area contributed by atoms with Crippen LogP contribution in [0.3, 0.4) is 0 Å². The molecule has 2 atom stereocenters. The van der Waals surface area contributed by atoms with Crippen molar-refractivity contribution < 1.29 is 9.59 Å². The Morgan fingerprint density at radius 1 is 0.795 bits per heavy atom. The summed E-state index contributed by atoms with van der Waals surface area (Å²) in [4.78, 5) is 34.3. The summed E-state index contributed by atoms with van der Waals surface area (Å²) in [7, 11) is 0. The van der Waals surface area contributed by atoms with Gasteiger partial charge in [-0.2, -0.15) is 12.6 Å². The van der Waals surface area contributed by atoms with Crippen LogP contribution in [0.15, 0.2) is 78.9 Å². The molecule has 44 heavy (non-hydrogen) atoms. The zero-order valence-electron chi connectivity index (χ0n) is 25.4. The predicted molar refractivity (Wildman–Crippen MR) is 176 cm³/mol. The highest BCUT2D eigenvalue weighted by Gasteiger charge is 2.39. The number of piperazine rings is 1. The minimum absolute atomic E-state index is 0.116. The number of fused-ring (bicyclic) bond motifs is 1. The zero-order chi connectivity index (χ0) is 30.0. The lowest BCUT2D eigenvalue weighted by molar-refractivity contribution is -0.137. The van der Waals surface area contributed by atoms with Gasteiger partial charge in [-0.05, 0) is 60.2 Å². The molecule has 0 bridgehead atoms. The van der Waals surface area contributed by atoms with Crippen molar-refractivity contribution in [1.82, 2.24) is 24.9 Å².